The van der Waals surface area contributed by atoms with E-state index in [1.54, 1.807) is 6.92 Å². The number of carbonyl (C=O) groups is 1. The van der Waals surface area contributed by atoms with Gasteiger partial charge in [-0.25, -0.2) is 14.8 Å². The van der Waals surface area contributed by atoms with E-state index >= 15 is 0 Å². The average molecular weight is 410 g/mol. The molecule has 10 heteroatoms. The normalized spacial score (nSPS) is 11.7. The molecule has 0 unspecified atom stereocenters. The highest BCUT2D eigenvalue weighted by molar-refractivity contribution is 8.01. The standard InChI is InChI=1S/C16H19N5O2S3/c1-6-23-13(22)10-8(2)9-11(24-10)17-7-18-12(9)25-15-21-20-14(26-15)19-16(3,4)5/h7H,6H2,1-5H3,(H,19,20). The van der Waals surface area contributed by atoms with Gasteiger partial charge >= 0.3 is 5.97 Å². The smallest absolute Gasteiger partial charge is 0.348 e. The minimum Gasteiger partial charge on any atom is -0.462 e. The summed E-state index contributed by atoms with van der Waals surface area (Å²) in [4.78, 5) is 22.2. The number of nitrogens with zero attached hydrogens (tertiary/aromatic N) is 4. The summed E-state index contributed by atoms with van der Waals surface area (Å²) in [6.07, 6.45) is 1.50. The van der Waals surface area contributed by atoms with Crippen LogP contribution in [0.2, 0.25) is 0 Å². The van der Waals surface area contributed by atoms with E-state index in [-0.39, 0.29) is 11.5 Å². The molecule has 3 heterocycles. The number of aromatic nitrogens is 4. The molecule has 3 aromatic heterocycles. The molecule has 0 bridgehead atoms. The van der Waals surface area contributed by atoms with Gasteiger partial charge in [-0.05, 0) is 51.9 Å². The van der Waals surface area contributed by atoms with E-state index in [0.717, 1.165) is 30.3 Å². The Morgan fingerprint density at radius 1 is 1.27 bits per heavy atom. The number of hydrogen-bond acceptors (Lipinski definition) is 10. The van der Waals surface area contributed by atoms with Crippen molar-refractivity contribution >= 4 is 55.8 Å². The van der Waals surface area contributed by atoms with Crippen molar-refractivity contribution in [2.75, 3.05) is 11.9 Å². The van der Waals surface area contributed by atoms with Crippen LogP contribution in [0.25, 0.3) is 10.2 Å². The predicted octanol–water partition coefficient (Wildman–Crippen LogP) is 4.39. The molecular weight excluding hydrogens is 390 g/mol. The van der Waals surface area contributed by atoms with Gasteiger partial charge in [-0.3, -0.25) is 0 Å². The second-order valence-corrected chi connectivity index (χ2v) is 9.70. The van der Waals surface area contributed by atoms with Crippen LogP contribution in [0.4, 0.5) is 5.13 Å². The van der Waals surface area contributed by atoms with E-state index in [9.17, 15) is 4.79 Å². The zero-order valence-electron chi connectivity index (χ0n) is 15.1. The van der Waals surface area contributed by atoms with Crippen molar-refractivity contribution in [3.63, 3.8) is 0 Å². The van der Waals surface area contributed by atoms with Crippen molar-refractivity contribution in [1.29, 1.82) is 0 Å². The van der Waals surface area contributed by atoms with Gasteiger partial charge in [0.15, 0.2) is 4.34 Å². The van der Waals surface area contributed by atoms with E-state index in [1.165, 1.54) is 40.8 Å². The first-order chi connectivity index (χ1) is 12.3. The average Bonchev–Trinajstić information content (AvgIpc) is 3.11. The van der Waals surface area contributed by atoms with Crippen LogP contribution >= 0.6 is 34.4 Å². The van der Waals surface area contributed by atoms with Gasteiger partial charge in [0.1, 0.15) is 21.1 Å². The van der Waals surface area contributed by atoms with Gasteiger partial charge in [-0.2, -0.15) is 0 Å². The Labute approximate surface area is 163 Å². The maximum absolute atomic E-state index is 12.1. The van der Waals surface area contributed by atoms with Crippen molar-refractivity contribution in [3.05, 3.63) is 16.8 Å². The van der Waals surface area contributed by atoms with Crippen LogP contribution < -0.4 is 5.32 Å². The first-order valence-corrected chi connectivity index (χ1v) is 10.4. The second-order valence-electron chi connectivity index (χ2n) is 6.49. The van der Waals surface area contributed by atoms with E-state index in [0.29, 0.717) is 11.5 Å². The summed E-state index contributed by atoms with van der Waals surface area (Å²) < 4.78 is 5.91. The third-order valence-electron chi connectivity index (χ3n) is 3.23. The molecule has 0 saturated carbocycles. The highest BCUT2D eigenvalue weighted by atomic mass is 32.2. The maximum atomic E-state index is 12.1. The highest BCUT2D eigenvalue weighted by Crippen LogP contribution is 2.39. The fraction of sp³-hybridized carbons (Fsp3) is 0.438. The summed E-state index contributed by atoms with van der Waals surface area (Å²) in [6.45, 7) is 10.2. The number of nitrogens with one attached hydrogen (secondary N) is 1. The maximum Gasteiger partial charge on any atom is 0.348 e. The van der Waals surface area contributed by atoms with Crippen molar-refractivity contribution in [1.82, 2.24) is 20.2 Å². The zero-order chi connectivity index (χ0) is 18.9. The molecule has 0 fully saturated rings. The highest BCUT2D eigenvalue weighted by Gasteiger charge is 2.21. The SMILES string of the molecule is CCOC(=O)c1sc2ncnc(Sc3nnc(NC(C)(C)C)s3)c2c1C. The summed E-state index contributed by atoms with van der Waals surface area (Å²) in [7, 11) is 0. The lowest BCUT2D eigenvalue weighted by molar-refractivity contribution is 0.0531. The van der Waals surface area contributed by atoms with Crippen molar-refractivity contribution in [2.24, 2.45) is 0 Å². The zero-order valence-corrected chi connectivity index (χ0v) is 17.6. The van der Waals surface area contributed by atoms with Crippen LogP contribution in [0.3, 0.4) is 0 Å². The Morgan fingerprint density at radius 2 is 2.04 bits per heavy atom. The van der Waals surface area contributed by atoms with Crippen molar-refractivity contribution in [2.45, 2.75) is 49.5 Å². The number of fused-ring (bicyclic) bond motifs is 1. The fourth-order valence-corrected chi connectivity index (χ4v) is 5.35. The number of hydrogen-bond donors (Lipinski definition) is 1. The number of ether oxygens (including phenoxy) is 1. The Kier molecular flexibility index (Phi) is 5.44. The molecule has 0 aliphatic carbocycles. The summed E-state index contributed by atoms with van der Waals surface area (Å²) >= 11 is 4.22. The van der Waals surface area contributed by atoms with Gasteiger partial charge in [-0.15, -0.1) is 21.5 Å². The molecule has 0 aliphatic heterocycles. The second kappa shape index (κ2) is 7.45. The molecular formula is C16H19N5O2S3. The van der Waals surface area contributed by atoms with E-state index in [4.69, 9.17) is 4.74 Å². The number of aryl methyl sites for hydroxylation is 1. The fourth-order valence-electron chi connectivity index (χ4n) is 2.21. The predicted molar refractivity (Wildman–Crippen MR) is 106 cm³/mol. The van der Waals surface area contributed by atoms with Crippen LogP contribution in [-0.4, -0.2) is 38.3 Å². The molecule has 0 radical (unpaired) electrons. The molecule has 0 saturated heterocycles. The van der Waals surface area contributed by atoms with Crippen molar-refractivity contribution < 1.29 is 9.53 Å². The van der Waals surface area contributed by atoms with Crippen molar-refractivity contribution in [3.8, 4) is 0 Å². The molecule has 0 amide bonds. The van der Waals surface area contributed by atoms with Crippen LogP contribution in [0.15, 0.2) is 15.7 Å². The number of esters is 1. The minimum absolute atomic E-state index is 0.0812. The van der Waals surface area contributed by atoms with Crippen LogP contribution in [0.5, 0.6) is 0 Å². The number of anilines is 1. The molecule has 26 heavy (non-hydrogen) atoms. The van der Waals surface area contributed by atoms with E-state index < -0.39 is 0 Å². The lowest BCUT2D eigenvalue weighted by Crippen LogP contribution is -2.25. The van der Waals surface area contributed by atoms with Gasteiger partial charge in [-0.1, -0.05) is 11.3 Å². The van der Waals surface area contributed by atoms with Crippen LogP contribution in [0.1, 0.15) is 42.9 Å². The summed E-state index contributed by atoms with van der Waals surface area (Å²) in [5.74, 6) is -0.323. The molecule has 1 N–H and O–H groups in total. The molecule has 0 aromatic carbocycles. The summed E-state index contributed by atoms with van der Waals surface area (Å²) in [5, 5.41) is 14.1. The minimum atomic E-state index is -0.323. The van der Waals surface area contributed by atoms with E-state index in [2.05, 4.69) is 46.3 Å². The third kappa shape index (κ3) is 4.13. The third-order valence-corrected chi connectivity index (χ3v) is 6.30. The molecule has 7 nitrogen and oxygen atoms in total. The van der Waals surface area contributed by atoms with Gasteiger partial charge in [0, 0.05) is 10.9 Å². The lowest BCUT2D eigenvalue weighted by Gasteiger charge is -2.18. The Balaban J connectivity index is 1.92. The van der Waals surface area contributed by atoms with E-state index in [1.807, 2.05) is 6.92 Å². The molecule has 0 aliphatic rings. The Bertz CT molecular complexity index is 945. The van der Waals surface area contributed by atoms with Gasteiger partial charge in [0.05, 0.1) is 6.61 Å². The quantitative estimate of drug-likeness (QED) is 0.490. The lowest BCUT2D eigenvalue weighted by atomic mass is 10.1. The van der Waals surface area contributed by atoms with Gasteiger partial charge in [0.25, 0.3) is 0 Å². The first-order valence-electron chi connectivity index (χ1n) is 7.99. The molecule has 0 atom stereocenters. The van der Waals surface area contributed by atoms with Gasteiger partial charge < -0.3 is 10.1 Å². The number of thiophene rings is 1. The Morgan fingerprint density at radius 3 is 2.73 bits per heavy atom. The molecule has 3 rings (SSSR count). The molecule has 3 aromatic rings. The number of rotatable bonds is 5. The number of carbonyl (C=O) groups excluding carboxylic acids is 1. The molecule has 0 spiro atoms. The topological polar surface area (TPSA) is 89.9 Å². The first kappa shape index (κ1) is 19.0. The van der Waals surface area contributed by atoms with Gasteiger partial charge in [0.2, 0.25) is 5.13 Å². The largest absolute Gasteiger partial charge is 0.462 e. The monoisotopic (exact) mass is 409 g/mol. The Hall–Kier alpha value is -1.78. The molecule has 138 valence electrons. The van der Waals surface area contributed by atoms with Crippen LogP contribution in [-0.2, 0) is 4.74 Å². The summed E-state index contributed by atoms with van der Waals surface area (Å²) in [6, 6.07) is 0. The summed E-state index contributed by atoms with van der Waals surface area (Å²) in [5.41, 5.74) is 0.756. The van der Waals surface area contributed by atoms with Crippen LogP contribution in [0, 0.1) is 6.92 Å².